The van der Waals surface area contributed by atoms with Gasteiger partial charge in [0.25, 0.3) is 5.91 Å². The van der Waals surface area contributed by atoms with Gasteiger partial charge in [0.15, 0.2) is 0 Å². The van der Waals surface area contributed by atoms with Crippen molar-refractivity contribution in [3.8, 4) is 0 Å². The van der Waals surface area contributed by atoms with E-state index in [2.05, 4.69) is 15.3 Å². The number of hydrogen-bond donors (Lipinski definition) is 0. The highest BCUT2D eigenvalue weighted by Gasteiger charge is 2.26. The molecule has 98 valence electrons. The van der Waals surface area contributed by atoms with E-state index in [1.54, 1.807) is 28.6 Å². The van der Waals surface area contributed by atoms with Crippen LogP contribution in [0.2, 0.25) is 0 Å². The first kappa shape index (κ1) is 12.3. The van der Waals surface area contributed by atoms with Gasteiger partial charge in [-0.15, -0.1) is 0 Å². The molecule has 5 nitrogen and oxygen atoms in total. The van der Waals surface area contributed by atoms with Crippen LogP contribution in [-0.4, -0.2) is 40.5 Å². The van der Waals surface area contributed by atoms with Crippen molar-refractivity contribution in [3.05, 3.63) is 46.7 Å². The molecule has 1 atom stereocenters. The van der Waals surface area contributed by atoms with Crippen LogP contribution < -0.4 is 0 Å². The van der Waals surface area contributed by atoms with Gasteiger partial charge in [-0.3, -0.25) is 4.79 Å². The van der Waals surface area contributed by atoms with Crippen LogP contribution in [0, 0.1) is 0 Å². The first-order valence-corrected chi connectivity index (χ1v) is 6.97. The first-order chi connectivity index (χ1) is 9.34. The van der Waals surface area contributed by atoms with Crippen molar-refractivity contribution in [2.75, 3.05) is 19.7 Å². The molecule has 0 aromatic carbocycles. The number of rotatable bonds is 2. The van der Waals surface area contributed by atoms with E-state index in [4.69, 9.17) is 4.74 Å². The lowest BCUT2D eigenvalue weighted by Gasteiger charge is -2.32. The Labute approximate surface area is 114 Å². The number of amides is 1. The Morgan fingerprint density at radius 1 is 1.42 bits per heavy atom. The van der Waals surface area contributed by atoms with Crippen molar-refractivity contribution in [2.45, 2.75) is 6.10 Å². The maximum atomic E-state index is 12.3. The average molecular weight is 275 g/mol. The van der Waals surface area contributed by atoms with Crippen LogP contribution in [-0.2, 0) is 4.74 Å². The molecule has 0 N–H and O–H groups in total. The van der Waals surface area contributed by atoms with Gasteiger partial charge < -0.3 is 9.64 Å². The molecule has 3 rings (SSSR count). The second kappa shape index (κ2) is 5.46. The Hall–Kier alpha value is -1.79. The lowest BCUT2D eigenvalue weighted by molar-refractivity contribution is -0.0226. The molecule has 3 heterocycles. The van der Waals surface area contributed by atoms with Crippen molar-refractivity contribution < 1.29 is 9.53 Å². The predicted molar refractivity (Wildman–Crippen MR) is 70.9 cm³/mol. The normalized spacial score (nSPS) is 19.4. The van der Waals surface area contributed by atoms with Crippen molar-refractivity contribution in [1.82, 2.24) is 14.9 Å². The molecule has 1 aliphatic heterocycles. The second-order valence-corrected chi connectivity index (χ2v) is 5.07. The predicted octanol–water partition coefficient (Wildman–Crippen LogP) is 1.75. The van der Waals surface area contributed by atoms with Gasteiger partial charge in [-0.1, -0.05) is 0 Å². The molecule has 19 heavy (non-hydrogen) atoms. The Balaban J connectivity index is 1.73. The zero-order valence-electron chi connectivity index (χ0n) is 10.2. The zero-order chi connectivity index (χ0) is 13.1. The van der Waals surface area contributed by atoms with Crippen molar-refractivity contribution in [1.29, 1.82) is 0 Å². The molecule has 1 unspecified atom stereocenters. The smallest absolute Gasteiger partial charge is 0.257 e. The van der Waals surface area contributed by atoms with Crippen LogP contribution >= 0.6 is 11.3 Å². The van der Waals surface area contributed by atoms with Gasteiger partial charge in [-0.05, 0) is 22.4 Å². The summed E-state index contributed by atoms with van der Waals surface area (Å²) in [5.41, 5.74) is 1.65. The number of ether oxygens (including phenoxy) is 1. The molecular formula is C13H13N3O2S. The van der Waals surface area contributed by atoms with Gasteiger partial charge in [-0.2, -0.15) is 11.3 Å². The van der Waals surface area contributed by atoms with Crippen LogP contribution in [0.15, 0.2) is 35.5 Å². The third-order valence-corrected chi connectivity index (χ3v) is 3.78. The lowest BCUT2D eigenvalue weighted by atomic mass is 10.1. The van der Waals surface area contributed by atoms with Crippen LogP contribution in [0.25, 0.3) is 0 Å². The van der Waals surface area contributed by atoms with Gasteiger partial charge in [0.2, 0.25) is 0 Å². The quantitative estimate of drug-likeness (QED) is 0.838. The summed E-state index contributed by atoms with van der Waals surface area (Å²) in [6.07, 6.45) is 4.48. The van der Waals surface area contributed by atoms with Gasteiger partial charge in [0.05, 0.1) is 18.7 Å². The molecule has 0 spiro atoms. The van der Waals surface area contributed by atoms with Crippen LogP contribution in [0.3, 0.4) is 0 Å². The minimum atomic E-state index is -0.0378. The number of hydrogen-bond acceptors (Lipinski definition) is 5. The first-order valence-electron chi connectivity index (χ1n) is 6.02. The lowest BCUT2D eigenvalue weighted by Crippen LogP contribution is -2.42. The maximum Gasteiger partial charge on any atom is 0.257 e. The summed E-state index contributed by atoms with van der Waals surface area (Å²) in [7, 11) is 0. The number of thiophene rings is 1. The van der Waals surface area contributed by atoms with E-state index < -0.39 is 0 Å². The molecule has 6 heteroatoms. The van der Waals surface area contributed by atoms with Crippen LogP contribution in [0.1, 0.15) is 22.0 Å². The Morgan fingerprint density at radius 3 is 3.00 bits per heavy atom. The second-order valence-electron chi connectivity index (χ2n) is 4.29. The summed E-state index contributed by atoms with van der Waals surface area (Å²) in [6, 6.07) is 2.04. The molecule has 0 bridgehead atoms. The van der Waals surface area contributed by atoms with Crippen LogP contribution in [0.4, 0.5) is 0 Å². The van der Waals surface area contributed by atoms with E-state index in [1.165, 1.54) is 6.33 Å². The molecule has 0 saturated carbocycles. The molecule has 0 radical (unpaired) electrons. The minimum Gasteiger partial charge on any atom is -0.370 e. The summed E-state index contributed by atoms with van der Waals surface area (Å²) in [5, 5.41) is 4.08. The highest BCUT2D eigenvalue weighted by molar-refractivity contribution is 7.07. The zero-order valence-corrected chi connectivity index (χ0v) is 11.0. The van der Waals surface area contributed by atoms with Crippen molar-refractivity contribution >= 4 is 17.2 Å². The summed E-state index contributed by atoms with van der Waals surface area (Å²) in [4.78, 5) is 21.9. The van der Waals surface area contributed by atoms with Gasteiger partial charge in [0, 0.05) is 18.9 Å². The monoisotopic (exact) mass is 275 g/mol. The van der Waals surface area contributed by atoms with E-state index >= 15 is 0 Å². The molecule has 2 aromatic rings. The fourth-order valence-electron chi connectivity index (χ4n) is 2.09. The maximum absolute atomic E-state index is 12.3. The molecule has 1 saturated heterocycles. The summed E-state index contributed by atoms with van der Waals surface area (Å²) in [6.45, 7) is 1.73. The molecule has 2 aromatic heterocycles. The van der Waals surface area contributed by atoms with E-state index in [0.29, 0.717) is 25.3 Å². The third-order valence-electron chi connectivity index (χ3n) is 3.08. The summed E-state index contributed by atoms with van der Waals surface area (Å²) >= 11 is 1.64. The fraction of sp³-hybridized carbons (Fsp3) is 0.308. The third kappa shape index (κ3) is 2.64. The van der Waals surface area contributed by atoms with Gasteiger partial charge in [0.1, 0.15) is 12.4 Å². The molecule has 1 amide bonds. The van der Waals surface area contributed by atoms with E-state index in [9.17, 15) is 4.79 Å². The SMILES string of the molecule is O=C(c1cncnc1)N1CCOC(c2ccsc2)C1. The summed E-state index contributed by atoms with van der Waals surface area (Å²) < 4.78 is 5.72. The van der Waals surface area contributed by atoms with E-state index in [-0.39, 0.29) is 12.0 Å². The number of aromatic nitrogens is 2. The van der Waals surface area contributed by atoms with Crippen molar-refractivity contribution in [3.63, 3.8) is 0 Å². The average Bonchev–Trinajstić information content (AvgIpc) is 3.02. The van der Waals surface area contributed by atoms with E-state index in [1.807, 2.05) is 11.4 Å². The number of carbonyl (C=O) groups is 1. The highest BCUT2D eigenvalue weighted by atomic mass is 32.1. The standard InChI is InChI=1S/C13H13N3O2S/c17-13(11-5-14-9-15-6-11)16-2-3-18-12(7-16)10-1-4-19-8-10/h1,4-6,8-9,12H,2-3,7H2. The molecular weight excluding hydrogens is 262 g/mol. The van der Waals surface area contributed by atoms with Crippen molar-refractivity contribution in [2.24, 2.45) is 0 Å². The number of morpholine rings is 1. The Bertz CT molecular complexity index is 544. The molecule has 0 aliphatic carbocycles. The molecule has 1 fully saturated rings. The topological polar surface area (TPSA) is 55.3 Å². The van der Waals surface area contributed by atoms with Gasteiger partial charge >= 0.3 is 0 Å². The van der Waals surface area contributed by atoms with Gasteiger partial charge in [-0.25, -0.2) is 9.97 Å². The fourth-order valence-corrected chi connectivity index (χ4v) is 2.79. The Kier molecular flexibility index (Phi) is 3.52. The highest BCUT2D eigenvalue weighted by Crippen LogP contribution is 2.24. The van der Waals surface area contributed by atoms with Crippen LogP contribution in [0.5, 0.6) is 0 Å². The van der Waals surface area contributed by atoms with E-state index in [0.717, 1.165) is 5.56 Å². The molecule has 1 aliphatic rings. The number of carbonyl (C=O) groups excluding carboxylic acids is 1. The minimum absolute atomic E-state index is 0.0337. The number of nitrogens with zero attached hydrogens (tertiary/aromatic N) is 3. The Morgan fingerprint density at radius 2 is 2.26 bits per heavy atom. The summed E-state index contributed by atoms with van der Waals surface area (Å²) in [5.74, 6) is -0.0378. The largest absolute Gasteiger partial charge is 0.370 e.